The molecule has 0 aliphatic heterocycles. The van der Waals surface area contributed by atoms with Crippen LogP contribution in [0.15, 0.2) is 0 Å². The average molecular weight is 255 g/mol. The molecular weight excluding hydrogens is 239 g/mol. The van der Waals surface area contributed by atoms with E-state index in [0.717, 1.165) is 0 Å². The zero-order chi connectivity index (χ0) is 13.7. The Hall–Kier alpha value is -1.27. The van der Waals surface area contributed by atoms with Crippen LogP contribution in [0.2, 0.25) is 0 Å². The molecule has 0 aliphatic rings. The van der Waals surface area contributed by atoms with E-state index in [4.69, 9.17) is 4.74 Å². The SMILES string of the molecule is CC(C)(C)OC(=O)NC(C=O)CCC(F)(F)F. The van der Waals surface area contributed by atoms with E-state index in [2.05, 4.69) is 5.32 Å². The van der Waals surface area contributed by atoms with Crippen LogP contribution in [0.1, 0.15) is 33.6 Å². The van der Waals surface area contributed by atoms with E-state index in [1.54, 1.807) is 20.8 Å². The van der Waals surface area contributed by atoms with Crippen LogP contribution >= 0.6 is 0 Å². The van der Waals surface area contributed by atoms with Crippen molar-refractivity contribution in [3.63, 3.8) is 0 Å². The number of halogens is 3. The lowest BCUT2D eigenvalue weighted by molar-refractivity contribution is -0.137. The fourth-order valence-corrected chi connectivity index (χ4v) is 0.952. The molecule has 0 saturated carbocycles. The summed E-state index contributed by atoms with van der Waals surface area (Å²) < 4.78 is 40.5. The number of rotatable bonds is 4. The topological polar surface area (TPSA) is 55.4 Å². The number of aldehydes is 1. The van der Waals surface area contributed by atoms with Crippen molar-refractivity contribution in [3.8, 4) is 0 Å². The first-order valence-electron chi connectivity index (χ1n) is 5.05. The van der Waals surface area contributed by atoms with Crippen LogP contribution in [0.5, 0.6) is 0 Å². The van der Waals surface area contributed by atoms with E-state index in [9.17, 15) is 22.8 Å². The Bertz CT molecular complexity index is 271. The number of nitrogens with one attached hydrogen (secondary N) is 1. The molecule has 0 aliphatic carbocycles. The van der Waals surface area contributed by atoms with Crippen molar-refractivity contribution < 1.29 is 27.5 Å². The maximum atomic E-state index is 11.9. The normalized spacial score (nSPS) is 14.0. The first kappa shape index (κ1) is 15.7. The molecular formula is C10H16F3NO3. The number of carbonyl (C=O) groups excluding carboxylic acids is 2. The molecule has 0 spiro atoms. The van der Waals surface area contributed by atoms with Crippen LogP contribution < -0.4 is 5.32 Å². The quantitative estimate of drug-likeness (QED) is 0.785. The molecule has 0 fully saturated rings. The summed E-state index contributed by atoms with van der Waals surface area (Å²) in [4.78, 5) is 21.7. The molecule has 0 aromatic heterocycles. The fraction of sp³-hybridized carbons (Fsp3) is 0.800. The minimum Gasteiger partial charge on any atom is -0.444 e. The monoisotopic (exact) mass is 255 g/mol. The van der Waals surface area contributed by atoms with Crippen molar-refractivity contribution in [1.29, 1.82) is 0 Å². The summed E-state index contributed by atoms with van der Waals surface area (Å²) in [6.07, 6.45) is -6.62. The van der Waals surface area contributed by atoms with E-state index >= 15 is 0 Å². The molecule has 0 saturated heterocycles. The van der Waals surface area contributed by atoms with Gasteiger partial charge >= 0.3 is 12.3 Å². The number of hydrogen-bond acceptors (Lipinski definition) is 3. The van der Waals surface area contributed by atoms with Gasteiger partial charge in [-0.25, -0.2) is 4.79 Å². The summed E-state index contributed by atoms with van der Waals surface area (Å²) in [6.45, 7) is 4.83. The third-order valence-electron chi connectivity index (χ3n) is 1.61. The van der Waals surface area contributed by atoms with Gasteiger partial charge in [0.25, 0.3) is 0 Å². The van der Waals surface area contributed by atoms with E-state index < -0.39 is 36.8 Å². The van der Waals surface area contributed by atoms with E-state index in [1.807, 2.05) is 0 Å². The third-order valence-corrected chi connectivity index (χ3v) is 1.61. The molecule has 0 aromatic carbocycles. The number of amides is 1. The summed E-state index contributed by atoms with van der Waals surface area (Å²) in [6, 6.07) is -1.19. The van der Waals surface area contributed by atoms with Crippen LogP contribution in [-0.2, 0) is 9.53 Å². The lowest BCUT2D eigenvalue weighted by atomic mass is 10.2. The summed E-state index contributed by atoms with van der Waals surface area (Å²) in [5.74, 6) is 0. The van der Waals surface area contributed by atoms with Gasteiger partial charge in [-0.1, -0.05) is 0 Å². The molecule has 0 radical (unpaired) electrons. The highest BCUT2D eigenvalue weighted by atomic mass is 19.4. The van der Waals surface area contributed by atoms with Gasteiger partial charge in [-0.2, -0.15) is 13.2 Å². The second kappa shape index (κ2) is 5.88. The molecule has 0 aromatic rings. The molecule has 17 heavy (non-hydrogen) atoms. The molecule has 0 rings (SSSR count). The predicted molar refractivity (Wildman–Crippen MR) is 54.5 cm³/mol. The average Bonchev–Trinajstić information content (AvgIpc) is 2.07. The largest absolute Gasteiger partial charge is 0.444 e. The molecule has 0 bridgehead atoms. The second-order valence-electron chi connectivity index (χ2n) is 4.54. The molecule has 0 heterocycles. The van der Waals surface area contributed by atoms with Crippen molar-refractivity contribution in [2.75, 3.05) is 0 Å². The minimum absolute atomic E-state index is 0.260. The van der Waals surface area contributed by atoms with Crippen molar-refractivity contribution in [3.05, 3.63) is 0 Å². The van der Waals surface area contributed by atoms with Gasteiger partial charge < -0.3 is 14.8 Å². The minimum atomic E-state index is -4.35. The molecule has 1 atom stereocenters. The van der Waals surface area contributed by atoms with Gasteiger partial charge in [-0.3, -0.25) is 0 Å². The summed E-state index contributed by atoms with van der Waals surface area (Å²) in [7, 11) is 0. The standard InChI is InChI=1S/C10H16F3NO3/c1-9(2,3)17-8(16)14-7(6-15)4-5-10(11,12)13/h6-7H,4-5H2,1-3H3,(H,14,16). The van der Waals surface area contributed by atoms with Gasteiger partial charge in [0.05, 0.1) is 6.04 Å². The second-order valence-corrected chi connectivity index (χ2v) is 4.54. The maximum absolute atomic E-state index is 11.9. The lowest BCUT2D eigenvalue weighted by Crippen LogP contribution is -2.40. The van der Waals surface area contributed by atoms with Gasteiger partial charge in [-0.15, -0.1) is 0 Å². The first-order valence-corrected chi connectivity index (χ1v) is 5.05. The highest BCUT2D eigenvalue weighted by Crippen LogP contribution is 2.22. The Balaban J connectivity index is 4.14. The molecule has 1 unspecified atom stereocenters. The Kier molecular flexibility index (Phi) is 5.44. The van der Waals surface area contributed by atoms with E-state index in [-0.39, 0.29) is 6.29 Å². The fourth-order valence-electron chi connectivity index (χ4n) is 0.952. The summed E-state index contributed by atoms with van der Waals surface area (Å²) >= 11 is 0. The van der Waals surface area contributed by atoms with Crippen molar-refractivity contribution in [2.24, 2.45) is 0 Å². The molecule has 4 nitrogen and oxygen atoms in total. The Morgan fingerprint density at radius 3 is 2.24 bits per heavy atom. The summed E-state index contributed by atoms with van der Waals surface area (Å²) in [5, 5.41) is 2.07. The van der Waals surface area contributed by atoms with E-state index in [0.29, 0.717) is 0 Å². The maximum Gasteiger partial charge on any atom is 0.408 e. The zero-order valence-electron chi connectivity index (χ0n) is 9.93. The summed E-state index contributed by atoms with van der Waals surface area (Å²) in [5.41, 5.74) is -0.762. The number of alkyl halides is 3. The number of alkyl carbamates (subject to hydrolysis) is 1. The molecule has 1 amide bonds. The number of ether oxygens (including phenoxy) is 1. The highest BCUT2D eigenvalue weighted by Gasteiger charge is 2.29. The Morgan fingerprint density at radius 1 is 1.35 bits per heavy atom. The van der Waals surface area contributed by atoms with E-state index in [1.165, 1.54) is 0 Å². The van der Waals surface area contributed by atoms with Gasteiger partial charge in [0, 0.05) is 6.42 Å². The van der Waals surface area contributed by atoms with Crippen molar-refractivity contribution in [1.82, 2.24) is 5.32 Å². The van der Waals surface area contributed by atoms with Crippen LogP contribution in [0.25, 0.3) is 0 Å². The van der Waals surface area contributed by atoms with Gasteiger partial charge in [-0.05, 0) is 27.2 Å². The van der Waals surface area contributed by atoms with Gasteiger partial charge in [0.15, 0.2) is 0 Å². The van der Waals surface area contributed by atoms with Crippen LogP contribution in [0, 0.1) is 0 Å². The highest BCUT2D eigenvalue weighted by molar-refractivity contribution is 5.73. The smallest absolute Gasteiger partial charge is 0.408 e. The van der Waals surface area contributed by atoms with Gasteiger partial charge in [0.2, 0.25) is 0 Å². The molecule has 1 N–H and O–H groups in total. The number of hydrogen-bond donors (Lipinski definition) is 1. The van der Waals surface area contributed by atoms with Crippen LogP contribution in [-0.4, -0.2) is 30.2 Å². The van der Waals surface area contributed by atoms with Gasteiger partial charge in [0.1, 0.15) is 11.9 Å². The Morgan fingerprint density at radius 2 is 1.88 bits per heavy atom. The van der Waals surface area contributed by atoms with Crippen LogP contribution in [0.4, 0.5) is 18.0 Å². The molecule has 7 heteroatoms. The third kappa shape index (κ3) is 9.65. The van der Waals surface area contributed by atoms with Crippen molar-refractivity contribution >= 4 is 12.4 Å². The zero-order valence-corrected chi connectivity index (χ0v) is 9.93. The lowest BCUT2D eigenvalue weighted by Gasteiger charge is -2.21. The molecule has 100 valence electrons. The van der Waals surface area contributed by atoms with Crippen molar-refractivity contribution in [2.45, 2.75) is 51.4 Å². The van der Waals surface area contributed by atoms with Crippen LogP contribution in [0.3, 0.4) is 0 Å². The Labute approximate surface area is 97.5 Å². The first-order chi connectivity index (χ1) is 7.53. The predicted octanol–water partition coefficient (Wildman–Crippen LogP) is 2.42. The number of carbonyl (C=O) groups is 2.